The van der Waals surface area contributed by atoms with Crippen LogP contribution in [0.1, 0.15) is 28.8 Å². The van der Waals surface area contributed by atoms with Gasteiger partial charge >= 0.3 is 6.03 Å². The number of hydrogen-bond acceptors (Lipinski definition) is 4. The number of carbonyl (C=O) groups is 2. The van der Waals surface area contributed by atoms with E-state index in [1.807, 2.05) is 28.0 Å². The average Bonchev–Trinajstić information content (AvgIpc) is 2.68. The Labute approximate surface area is 160 Å². The number of likely N-dealkylation sites (tertiary alicyclic amines) is 1. The molecule has 0 saturated carbocycles. The van der Waals surface area contributed by atoms with Crippen LogP contribution in [0.5, 0.6) is 0 Å². The highest BCUT2D eigenvalue weighted by Gasteiger charge is 2.31. The first-order valence-electron chi connectivity index (χ1n) is 9.88. The number of piperidine rings is 1. The average molecular weight is 371 g/mol. The van der Waals surface area contributed by atoms with Crippen LogP contribution in [0, 0.1) is 0 Å². The molecule has 4 rings (SSSR count). The second-order valence-corrected chi connectivity index (χ2v) is 8.06. The van der Waals surface area contributed by atoms with Gasteiger partial charge in [-0.3, -0.25) is 4.79 Å². The molecule has 0 unspecified atom stereocenters. The predicted molar refractivity (Wildman–Crippen MR) is 105 cm³/mol. The number of hydrogen-bond donors (Lipinski definition) is 1. The number of nitrogens with zero attached hydrogens (tertiary/aromatic N) is 4. The SMILES string of the molecule is CN1CCC(N2Cc3ccc(C(=O)N4CCN(C)CC4)cc3NC2=O)CC1. The summed E-state index contributed by atoms with van der Waals surface area (Å²) in [4.78, 5) is 33.8. The molecule has 0 atom stereocenters. The Hall–Kier alpha value is -2.12. The zero-order valence-electron chi connectivity index (χ0n) is 16.3. The molecule has 3 aliphatic heterocycles. The summed E-state index contributed by atoms with van der Waals surface area (Å²) in [6, 6.07) is 6.01. The fourth-order valence-electron chi connectivity index (χ4n) is 4.20. The van der Waals surface area contributed by atoms with Crippen LogP contribution in [0.3, 0.4) is 0 Å². The first-order valence-corrected chi connectivity index (χ1v) is 9.88. The molecule has 1 aromatic carbocycles. The van der Waals surface area contributed by atoms with E-state index >= 15 is 0 Å². The summed E-state index contributed by atoms with van der Waals surface area (Å²) in [5.41, 5.74) is 2.53. The normalized spacial score (nSPS) is 22.5. The number of benzene rings is 1. The van der Waals surface area contributed by atoms with Gasteiger partial charge in [0.15, 0.2) is 0 Å². The standard InChI is InChI=1S/C20H29N5O2/c1-22-7-5-17(6-8-22)25-14-16-4-3-15(13-18(16)21-20(25)27)19(26)24-11-9-23(2)10-12-24/h3-4,13,17H,5-12,14H2,1-2H3,(H,21,27). The van der Waals surface area contributed by atoms with E-state index in [2.05, 4.69) is 29.2 Å². The number of carbonyl (C=O) groups excluding carboxylic acids is 2. The van der Waals surface area contributed by atoms with Gasteiger partial charge < -0.3 is 24.9 Å². The van der Waals surface area contributed by atoms with Crippen molar-refractivity contribution in [1.29, 1.82) is 0 Å². The van der Waals surface area contributed by atoms with Crippen molar-refractivity contribution in [2.75, 3.05) is 58.7 Å². The van der Waals surface area contributed by atoms with Crippen molar-refractivity contribution in [1.82, 2.24) is 19.6 Å². The Morgan fingerprint density at radius 1 is 1.00 bits per heavy atom. The molecule has 146 valence electrons. The van der Waals surface area contributed by atoms with E-state index in [1.54, 1.807) is 0 Å². The smallest absolute Gasteiger partial charge is 0.322 e. The molecule has 0 aliphatic carbocycles. The number of piperazine rings is 1. The lowest BCUT2D eigenvalue weighted by Gasteiger charge is -2.40. The molecule has 1 N–H and O–H groups in total. The van der Waals surface area contributed by atoms with Crippen molar-refractivity contribution in [2.24, 2.45) is 0 Å². The third-order valence-electron chi connectivity index (χ3n) is 6.12. The number of rotatable bonds is 2. The summed E-state index contributed by atoms with van der Waals surface area (Å²) in [5, 5.41) is 3.02. The number of fused-ring (bicyclic) bond motifs is 1. The lowest BCUT2D eigenvalue weighted by Crippen LogP contribution is -2.49. The first-order chi connectivity index (χ1) is 13.0. The van der Waals surface area contributed by atoms with E-state index in [0.717, 1.165) is 63.4 Å². The van der Waals surface area contributed by atoms with Gasteiger partial charge in [0.1, 0.15) is 0 Å². The number of urea groups is 1. The first kappa shape index (κ1) is 18.3. The third kappa shape index (κ3) is 3.80. The second kappa shape index (κ2) is 7.48. The molecule has 2 fully saturated rings. The highest BCUT2D eigenvalue weighted by molar-refractivity contribution is 5.98. The van der Waals surface area contributed by atoms with Gasteiger partial charge in [-0.05, 0) is 57.7 Å². The predicted octanol–water partition coefficient (Wildman–Crippen LogP) is 1.52. The minimum absolute atomic E-state index is 0.0405. The van der Waals surface area contributed by atoms with Gasteiger partial charge in [0.2, 0.25) is 0 Å². The van der Waals surface area contributed by atoms with Crippen LogP contribution in [-0.2, 0) is 6.54 Å². The van der Waals surface area contributed by atoms with E-state index in [9.17, 15) is 9.59 Å². The molecule has 0 radical (unpaired) electrons. The summed E-state index contributed by atoms with van der Waals surface area (Å²) in [7, 11) is 4.20. The van der Waals surface area contributed by atoms with Crippen LogP contribution in [0.2, 0.25) is 0 Å². The lowest BCUT2D eigenvalue weighted by molar-refractivity contribution is 0.0664. The second-order valence-electron chi connectivity index (χ2n) is 8.06. The van der Waals surface area contributed by atoms with Gasteiger partial charge in [0.25, 0.3) is 5.91 Å². The van der Waals surface area contributed by atoms with Crippen LogP contribution in [0.4, 0.5) is 10.5 Å². The molecule has 2 saturated heterocycles. The van der Waals surface area contributed by atoms with Crippen molar-refractivity contribution in [2.45, 2.75) is 25.4 Å². The van der Waals surface area contributed by atoms with E-state index < -0.39 is 0 Å². The van der Waals surface area contributed by atoms with E-state index in [-0.39, 0.29) is 11.9 Å². The van der Waals surface area contributed by atoms with Crippen molar-refractivity contribution in [3.05, 3.63) is 29.3 Å². The van der Waals surface area contributed by atoms with Crippen molar-refractivity contribution in [3.63, 3.8) is 0 Å². The molecule has 1 aromatic rings. The molecule has 3 amide bonds. The molecule has 7 nitrogen and oxygen atoms in total. The van der Waals surface area contributed by atoms with Crippen LogP contribution < -0.4 is 5.32 Å². The lowest BCUT2D eigenvalue weighted by atomic mass is 10.00. The van der Waals surface area contributed by atoms with Crippen LogP contribution >= 0.6 is 0 Å². The minimum Gasteiger partial charge on any atom is -0.336 e. The van der Waals surface area contributed by atoms with E-state index in [1.165, 1.54) is 0 Å². The Morgan fingerprint density at radius 3 is 2.37 bits per heavy atom. The zero-order chi connectivity index (χ0) is 19.0. The topological polar surface area (TPSA) is 59.1 Å². The molecule has 3 heterocycles. The summed E-state index contributed by atoms with van der Waals surface area (Å²) in [6.07, 6.45) is 2.03. The summed E-state index contributed by atoms with van der Waals surface area (Å²) >= 11 is 0. The Balaban J connectivity index is 1.46. The van der Waals surface area contributed by atoms with Gasteiger partial charge in [-0.1, -0.05) is 6.07 Å². The zero-order valence-corrected chi connectivity index (χ0v) is 16.3. The highest BCUT2D eigenvalue weighted by Crippen LogP contribution is 2.29. The Kier molecular flexibility index (Phi) is 5.06. The molecule has 0 bridgehead atoms. The van der Waals surface area contributed by atoms with Crippen molar-refractivity contribution < 1.29 is 9.59 Å². The molecular weight excluding hydrogens is 342 g/mol. The van der Waals surface area contributed by atoms with Crippen LogP contribution in [0.15, 0.2) is 18.2 Å². The van der Waals surface area contributed by atoms with Crippen molar-refractivity contribution >= 4 is 17.6 Å². The maximum atomic E-state index is 12.8. The molecule has 7 heteroatoms. The fourth-order valence-corrected chi connectivity index (χ4v) is 4.20. The molecule has 3 aliphatic rings. The van der Waals surface area contributed by atoms with Gasteiger partial charge in [0.05, 0.1) is 0 Å². The van der Waals surface area contributed by atoms with E-state index in [0.29, 0.717) is 18.2 Å². The molecule has 0 spiro atoms. The number of anilines is 1. The summed E-state index contributed by atoms with van der Waals surface area (Å²) < 4.78 is 0. The molecular formula is C20H29N5O2. The monoisotopic (exact) mass is 371 g/mol. The highest BCUT2D eigenvalue weighted by atomic mass is 16.2. The maximum absolute atomic E-state index is 12.8. The van der Waals surface area contributed by atoms with Gasteiger partial charge in [0, 0.05) is 50.0 Å². The van der Waals surface area contributed by atoms with Gasteiger partial charge in [-0.25, -0.2) is 4.79 Å². The van der Waals surface area contributed by atoms with Gasteiger partial charge in [-0.15, -0.1) is 0 Å². The molecule has 27 heavy (non-hydrogen) atoms. The Bertz CT molecular complexity index is 721. The van der Waals surface area contributed by atoms with Crippen molar-refractivity contribution in [3.8, 4) is 0 Å². The summed E-state index contributed by atoms with van der Waals surface area (Å²) in [6.45, 7) is 5.99. The van der Waals surface area contributed by atoms with Crippen LogP contribution in [-0.4, -0.2) is 90.9 Å². The largest absolute Gasteiger partial charge is 0.336 e. The third-order valence-corrected chi connectivity index (χ3v) is 6.12. The fraction of sp³-hybridized carbons (Fsp3) is 0.600. The van der Waals surface area contributed by atoms with Crippen LogP contribution in [0.25, 0.3) is 0 Å². The number of likely N-dealkylation sites (N-methyl/N-ethyl adjacent to an activating group) is 1. The Morgan fingerprint density at radius 2 is 1.67 bits per heavy atom. The van der Waals surface area contributed by atoms with E-state index in [4.69, 9.17) is 0 Å². The number of nitrogens with one attached hydrogen (secondary N) is 1. The molecule has 0 aromatic heterocycles. The quantitative estimate of drug-likeness (QED) is 0.856. The van der Waals surface area contributed by atoms with Gasteiger partial charge in [-0.2, -0.15) is 0 Å². The number of amides is 3. The summed E-state index contributed by atoms with van der Waals surface area (Å²) in [5.74, 6) is 0.0536. The minimum atomic E-state index is -0.0405. The maximum Gasteiger partial charge on any atom is 0.322 e.